The third-order valence-corrected chi connectivity index (χ3v) is 9.11. The molecule has 5 atom stereocenters. The molecule has 28 heavy (non-hydrogen) atoms. The molecule has 1 aromatic rings. The van der Waals surface area contributed by atoms with Crippen LogP contribution in [0.15, 0.2) is 18.2 Å². The van der Waals surface area contributed by atoms with Gasteiger partial charge in [0.05, 0.1) is 7.11 Å². The van der Waals surface area contributed by atoms with Gasteiger partial charge in [-0.1, -0.05) is 13.0 Å². The lowest BCUT2D eigenvalue weighted by atomic mass is 9.42. The van der Waals surface area contributed by atoms with E-state index >= 15 is 0 Å². The molecule has 0 aromatic heterocycles. The SMILES string of the molecule is COc1ccc2c(c1)CC[C@@H]1[C@@H]2CC[C@@]2(C)[C@]13CCC(=O)[C@]2(OC(C)=O)CC3. The summed E-state index contributed by atoms with van der Waals surface area (Å²) in [4.78, 5) is 25.1. The van der Waals surface area contributed by atoms with Crippen LogP contribution in [0, 0.1) is 16.7 Å². The Balaban J connectivity index is 1.58. The Kier molecular flexibility index (Phi) is 3.80. The van der Waals surface area contributed by atoms with Crippen LogP contribution in [-0.2, 0) is 20.7 Å². The van der Waals surface area contributed by atoms with Gasteiger partial charge in [0, 0.05) is 18.8 Å². The Morgan fingerprint density at radius 3 is 2.68 bits per heavy atom. The zero-order chi connectivity index (χ0) is 19.7. The molecule has 2 bridgehead atoms. The average molecular weight is 383 g/mol. The first-order chi connectivity index (χ1) is 13.4. The molecule has 4 aliphatic rings. The number of hydrogen-bond acceptors (Lipinski definition) is 4. The minimum Gasteiger partial charge on any atom is -0.497 e. The number of fused-ring (bicyclic) bond motifs is 3. The minimum atomic E-state index is -0.887. The van der Waals surface area contributed by atoms with Crippen LogP contribution < -0.4 is 4.74 Å². The number of esters is 1. The Morgan fingerprint density at radius 2 is 1.93 bits per heavy atom. The topological polar surface area (TPSA) is 52.6 Å². The summed E-state index contributed by atoms with van der Waals surface area (Å²) >= 11 is 0. The summed E-state index contributed by atoms with van der Waals surface area (Å²) in [5, 5.41) is 0. The molecule has 0 radical (unpaired) electrons. The molecule has 5 rings (SSSR count). The maximum absolute atomic E-state index is 13.1. The Morgan fingerprint density at radius 1 is 1.11 bits per heavy atom. The molecule has 0 saturated heterocycles. The van der Waals surface area contributed by atoms with Gasteiger partial charge in [0.1, 0.15) is 5.75 Å². The normalized spacial score (nSPS) is 40.9. The molecule has 0 amide bonds. The van der Waals surface area contributed by atoms with Crippen molar-refractivity contribution in [3.05, 3.63) is 29.3 Å². The summed E-state index contributed by atoms with van der Waals surface area (Å²) in [5.74, 6) is 1.91. The van der Waals surface area contributed by atoms with E-state index in [2.05, 4.69) is 25.1 Å². The van der Waals surface area contributed by atoms with Crippen LogP contribution >= 0.6 is 0 Å². The first-order valence-electron chi connectivity index (χ1n) is 10.8. The lowest BCUT2D eigenvalue weighted by molar-refractivity contribution is -0.205. The first-order valence-corrected chi connectivity index (χ1v) is 10.8. The van der Waals surface area contributed by atoms with Gasteiger partial charge in [-0.3, -0.25) is 9.59 Å². The maximum atomic E-state index is 13.1. The fourth-order valence-corrected chi connectivity index (χ4v) is 7.91. The number of aryl methyl sites for hydroxylation is 1. The molecule has 0 heterocycles. The van der Waals surface area contributed by atoms with Gasteiger partial charge in [-0.05, 0) is 85.5 Å². The van der Waals surface area contributed by atoms with Gasteiger partial charge in [0.15, 0.2) is 11.4 Å². The molecule has 4 nitrogen and oxygen atoms in total. The average Bonchev–Trinajstić information content (AvgIpc) is 2.84. The number of methoxy groups -OCH3 is 1. The van der Waals surface area contributed by atoms with Crippen LogP contribution in [-0.4, -0.2) is 24.5 Å². The second-order valence-corrected chi connectivity index (χ2v) is 9.69. The van der Waals surface area contributed by atoms with E-state index in [1.165, 1.54) is 18.1 Å². The summed E-state index contributed by atoms with van der Waals surface area (Å²) in [6.45, 7) is 3.72. The van der Waals surface area contributed by atoms with Crippen molar-refractivity contribution in [1.82, 2.24) is 0 Å². The van der Waals surface area contributed by atoms with E-state index in [0.29, 0.717) is 24.7 Å². The molecule has 0 unspecified atom stereocenters. The van der Waals surface area contributed by atoms with Crippen molar-refractivity contribution in [2.45, 2.75) is 76.7 Å². The fourth-order valence-electron chi connectivity index (χ4n) is 7.91. The fraction of sp³-hybridized carbons (Fsp3) is 0.667. The predicted molar refractivity (Wildman–Crippen MR) is 105 cm³/mol. The van der Waals surface area contributed by atoms with Crippen molar-refractivity contribution in [3.63, 3.8) is 0 Å². The molecule has 0 spiro atoms. The predicted octanol–water partition coefficient (Wildman–Crippen LogP) is 4.59. The van der Waals surface area contributed by atoms with Crippen molar-refractivity contribution in [2.24, 2.45) is 16.7 Å². The highest BCUT2D eigenvalue weighted by atomic mass is 16.6. The molecule has 0 N–H and O–H groups in total. The van der Waals surface area contributed by atoms with Gasteiger partial charge >= 0.3 is 5.97 Å². The van der Waals surface area contributed by atoms with Crippen LogP contribution in [0.1, 0.15) is 75.8 Å². The van der Waals surface area contributed by atoms with Crippen molar-refractivity contribution in [3.8, 4) is 5.75 Å². The van der Waals surface area contributed by atoms with Crippen LogP contribution in [0.3, 0.4) is 0 Å². The number of rotatable bonds is 2. The van der Waals surface area contributed by atoms with Crippen LogP contribution in [0.5, 0.6) is 5.75 Å². The number of ketones is 1. The van der Waals surface area contributed by atoms with E-state index in [9.17, 15) is 9.59 Å². The number of carbonyl (C=O) groups excluding carboxylic acids is 2. The third-order valence-electron chi connectivity index (χ3n) is 9.11. The molecule has 4 aliphatic carbocycles. The third kappa shape index (κ3) is 2.02. The van der Waals surface area contributed by atoms with E-state index in [-0.39, 0.29) is 22.6 Å². The zero-order valence-corrected chi connectivity index (χ0v) is 17.2. The number of ether oxygens (including phenoxy) is 2. The van der Waals surface area contributed by atoms with Gasteiger partial charge in [-0.2, -0.15) is 0 Å². The summed E-state index contributed by atoms with van der Waals surface area (Å²) in [7, 11) is 1.73. The standard InChI is InChI=1S/C24H30O4/c1-15(25)28-24-13-12-23(11-9-21(24)26)20-7-4-16-14-17(27-3)5-6-18(16)19(20)8-10-22(23,24)2/h5-6,14,19-20H,4,7-13H2,1-3H3/t19-,20-,22+,23+,24-/m1/s1. The molecule has 4 heteroatoms. The highest BCUT2D eigenvalue weighted by Gasteiger charge is 2.75. The van der Waals surface area contributed by atoms with E-state index in [1.807, 2.05) is 0 Å². The van der Waals surface area contributed by atoms with Gasteiger partial charge in [-0.15, -0.1) is 0 Å². The van der Waals surface area contributed by atoms with E-state index in [1.54, 1.807) is 7.11 Å². The van der Waals surface area contributed by atoms with Gasteiger partial charge in [0.25, 0.3) is 0 Å². The van der Waals surface area contributed by atoms with Crippen molar-refractivity contribution in [2.75, 3.05) is 7.11 Å². The van der Waals surface area contributed by atoms with E-state index in [4.69, 9.17) is 9.47 Å². The molecular formula is C24H30O4. The number of carbonyl (C=O) groups is 2. The van der Waals surface area contributed by atoms with Gasteiger partial charge in [-0.25, -0.2) is 0 Å². The van der Waals surface area contributed by atoms with Crippen LogP contribution in [0.2, 0.25) is 0 Å². The van der Waals surface area contributed by atoms with E-state index < -0.39 is 5.60 Å². The highest BCUT2D eigenvalue weighted by Crippen LogP contribution is 2.75. The number of hydrogen-bond donors (Lipinski definition) is 0. The van der Waals surface area contributed by atoms with Gasteiger partial charge < -0.3 is 9.47 Å². The smallest absolute Gasteiger partial charge is 0.303 e. The molecule has 3 fully saturated rings. The lowest BCUT2D eigenvalue weighted by Crippen LogP contribution is -2.64. The highest BCUT2D eigenvalue weighted by molar-refractivity contribution is 5.92. The molecule has 150 valence electrons. The van der Waals surface area contributed by atoms with Crippen molar-refractivity contribution in [1.29, 1.82) is 0 Å². The molecule has 3 saturated carbocycles. The minimum absolute atomic E-state index is 0.108. The molecule has 1 aromatic carbocycles. The molecule has 0 aliphatic heterocycles. The quantitative estimate of drug-likeness (QED) is 0.702. The van der Waals surface area contributed by atoms with Crippen molar-refractivity contribution < 1.29 is 19.1 Å². The Hall–Kier alpha value is -1.84. The Labute approximate surface area is 167 Å². The Bertz CT molecular complexity index is 860. The monoisotopic (exact) mass is 382 g/mol. The second-order valence-electron chi connectivity index (χ2n) is 9.69. The summed E-state index contributed by atoms with van der Waals surface area (Å²) in [5.41, 5.74) is 1.90. The number of benzene rings is 1. The lowest BCUT2D eigenvalue weighted by Gasteiger charge is -2.62. The van der Waals surface area contributed by atoms with Gasteiger partial charge in [0.2, 0.25) is 0 Å². The summed E-state index contributed by atoms with van der Waals surface area (Å²) in [6.07, 6.45) is 7.48. The van der Waals surface area contributed by atoms with E-state index in [0.717, 1.165) is 44.3 Å². The second kappa shape index (κ2) is 5.84. The maximum Gasteiger partial charge on any atom is 0.303 e. The summed E-state index contributed by atoms with van der Waals surface area (Å²) in [6, 6.07) is 6.57. The van der Waals surface area contributed by atoms with Crippen molar-refractivity contribution >= 4 is 11.8 Å². The number of Topliss-reactive ketones (excluding diaryl/α,β-unsaturated/α-hetero) is 1. The molecular weight excluding hydrogens is 352 g/mol. The zero-order valence-electron chi connectivity index (χ0n) is 17.2. The van der Waals surface area contributed by atoms with Crippen LogP contribution in [0.4, 0.5) is 0 Å². The first kappa shape index (κ1) is 18.2. The summed E-state index contributed by atoms with van der Waals surface area (Å²) < 4.78 is 11.4. The largest absolute Gasteiger partial charge is 0.497 e. The van der Waals surface area contributed by atoms with Crippen LogP contribution in [0.25, 0.3) is 0 Å².